The van der Waals surface area contributed by atoms with Crippen molar-refractivity contribution < 1.29 is 9.84 Å². The van der Waals surface area contributed by atoms with Crippen molar-refractivity contribution in [3.63, 3.8) is 0 Å². The Morgan fingerprint density at radius 2 is 1.46 bits per heavy atom. The average Bonchev–Trinajstić information content (AvgIpc) is 2.71. The number of aliphatic hydroxyl groups excluding tert-OH is 1. The molecule has 4 nitrogen and oxygen atoms in total. The lowest BCUT2D eigenvalue weighted by Gasteiger charge is -2.45. The van der Waals surface area contributed by atoms with Gasteiger partial charge in [-0.3, -0.25) is 4.90 Å². The third-order valence-corrected chi connectivity index (χ3v) is 5.70. The summed E-state index contributed by atoms with van der Waals surface area (Å²) >= 11 is 0. The van der Waals surface area contributed by atoms with Crippen LogP contribution in [-0.4, -0.2) is 54.4 Å². The zero-order chi connectivity index (χ0) is 17.8. The van der Waals surface area contributed by atoms with Crippen LogP contribution in [0.2, 0.25) is 0 Å². The van der Waals surface area contributed by atoms with E-state index in [9.17, 15) is 5.11 Å². The van der Waals surface area contributed by atoms with Crippen molar-refractivity contribution in [3.05, 3.63) is 60.7 Å². The van der Waals surface area contributed by atoms with E-state index in [0.29, 0.717) is 0 Å². The molecule has 3 atom stereocenters. The molecule has 0 amide bonds. The van der Waals surface area contributed by atoms with Gasteiger partial charge in [-0.2, -0.15) is 0 Å². The lowest BCUT2D eigenvalue weighted by atomic mass is 9.88. The highest BCUT2D eigenvalue weighted by molar-refractivity contribution is 5.46. The molecule has 2 fully saturated rings. The van der Waals surface area contributed by atoms with Gasteiger partial charge < -0.3 is 14.7 Å². The number of hydrogen-bond acceptors (Lipinski definition) is 4. The number of anilines is 1. The minimum Gasteiger partial charge on any atom is -0.488 e. The van der Waals surface area contributed by atoms with Gasteiger partial charge in [0.2, 0.25) is 0 Å². The molecule has 1 aliphatic heterocycles. The van der Waals surface area contributed by atoms with Gasteiger partial charge >= 0.3 is 0 Å². The smallest absolute Gasteiger partial charge is 0.126 e. The van der Waals surface area contributed by atoms with E-state index in [-0.39, 0.29) is 12.1 Å². The monoisotopic (exact) mass is 352 g/mol. The van der Waals surface area contributed by atoms with E-state index < -0.39 is 6.10 Å². The summed E-state index contributed by atoms with van der Waals surface area (Å²) < 4.78 is 6.09. The molecule has 1 saturated carbocycles. The molecule has 2 aromatic rings. The molecule has 0 aromatic heterocycles. The summed E-state index contributed by atoms with van der Waals surface area (Å²) in [5.74, 6) is 0.853. The number of benzene rings is 2. The molecule has 0 bridgehead atoms. The van der Waals surface area contributed by atoms with E-state index >= 15 is 0 Å². The van der Waals surface area contributed by atoms with Crippen LogP contribution in [0.3, 0.4) is 0 Å². The molecule has 1 heterocycles. The Morgan fingerprint density at radius 1 is 0.808 bits per heavy atom. The van der Waals surface area contributed by atoms with Crippen molar-refractivity contribution in [2.45, 2.75) is 37.5 Å². The number of para-hydroxylation sites is 2. The molecular weight excluding hydrogens is 324 g/mol. The highest BCUT2D eigenvalue weighted by atomic mass is 16.5. The minimum atomic E-state index is -0.424. The number of hydrogen-bond donors (Lipinski definition) is 1. The predicted octanol–water partition coefficient (Wildman–Crippen LogP) is 3.17. The molecule has 0 spiro atoms. The van der Waals surface area contributed by atoms with E-state index in [1.807, 2.05) is 30.3 Å². The van der Waals surface area contributed by atoms with Crippen LogP contribution in [-0.2, 0) is 0 Å². The highest BCUT2D eigenvalue weighted by Crippen LogP contribution is 2.28. The first-order valence-electron chi connectivity index (χ1n) is 9.75. The van der Waals surface area contributed by atoms with Gasteiger partial charge in [0.05, 0.1) is 0 Å². The third-order valence-electron chi connectivity index (χ3n) is 5.70. The van der Waals surface area contributed by atoms with Crippen molar-refractivity contribution in [2.24, 2.45) is 0 Å². The van der Waals surface area contributed by atoms with E-state index in [0.717, 1.165) is 51.2 Å². The molecule has 4 heteroatoms. The lowest BCUT2D eigenvalue weighted by molar-refractivity contribution is -0.0546. The van der Waals surface area contributed by atoms with E-state index in [4.69, 9.17) is 4.74 Å². The number of aliphatic hydroxyl groups is 1. The van der Waals surface area contributed by atoms with Gasteiger partial charge in [-0.25, -0.2) is 0 Å². The zero-order valence-electron chi connectivity index (χ0n) is 15.2. The van der Waals surface area contributed by atoms with Gasteiger partial charge in [-0.1, -0.05) is 36.4 Å². The van der Waals surface area contributed by atoms with Crippen LogP contribution in [0.1, 0.15) is 19.3 Å². The molecule has 1 N–H and O–H groups in total. The number of nitrogens with zero attached hydrogens (tertiary/aromatic N) is 2. The quantitative estimate of drug-likeness (QED) is 0.917. The molecule has 138 valence electrons. The Labute approximate surface area is 156 Å². The summed E-state index contributed by atoms with van der Waals surface area (Å²) in [7, 11) is 0. The van der Waals surface area contributed by atoms with Crippen LogP contribution in [0.15, 0.2) is 60.7 Å². The molecule has 1 saturated heterocycles. The standard InChI is InChI=1S/C22H28N2O2/c25-22-20(12-7-13-21(22)26-19-10-5-2-6-11-19)24-16-14-23(15-17-24)18-8-3-1-4-9-18/h1-6,8-11,20-22,25H,7,12-17H2/t20-,21+,22+/m1/s1. The van der Waals surface area contributed by atoms with Crippen LogP contribution in [0, 0.1) is 0 Å². The molecule has 2 aromatic carbocycles. The fourth-order valence-electron chi connectivity index (χ4n) is 4.27. The zero-order valence-corrected chi connectivity index (χ0v) is 15.2. The number of ether oxygens (including phenoxy) is 1. The van der Waals surface area contributed by atoms with E-state index in [2.05, 4.69) is 40.1 Å². The fourth-order valence-corrected chi connectivity index (χ4v) is 4.27. The highest BCUT2D eigenvalue weighted by Gasteiger charge is 2.37. The van der Waals surface area contributed by atoms with Crippen LogP contribution in [0.4, 0.5) is 5.69 Å². The Hall–Kier alpha value is -2.04. The van der Waals surface area contributed by atoms with Crippen LogP contribution < -0.4 is 9.64 Å². The van der Waals surface area contributed by atoms with E-state index in [1.165, 1.54) is 5.69 Å². The maximum atomic E-state index is 10.9. The molecule has 2 aliphatic rings. The van der Waals surface area contributed by atoms with E-state index in [1.54, 1.807) is 0 Å². The topological polar surface area (TPSA) is 35.9 Å². The third kappa shape index (κ3) is 3.87. The summed E-state index contributed by atoms with van der Waals surface area (Å²) in [6.45, 7) is 4.01. The van der Waals surface area contributed by atoms with Crippen molar-refractivity contribution in [1.82, 2.24) is 4.90 Å². The van der Waals surface area contributed by atoms with Gasteiger partial charge in [0, 0.05) is 37.9 Å². The predicted molar refractivity (Wildman–Crippen MR) is 105 cm³/mol. The second kappa shape index (κ2) is 8.11. The summed E-state index contributed by atoms with van der Waals surface area (Å²) in [5.41, 5.74) is 1.29. The van der Waals surface area contributed by atoms with Crippen LogP contribution in [0.25, 0.3) is 0 Å². The minimum absolute atomic E-state index is 0.108. The maximum Gasteiger partial charge on any atom is 0.126 e. The largest absolute Gasteiger partial charge is 0.488 e. The Morgan fingerprint density at radius 3 is 2.15 bits per heavy atom. The first kappa shape index (κ1) is 17.4. The molecule has 26 heavy (non-hydrogen) atoms. The second-order valence-electron chi connectivity index (χ2n) is 7.32. The maximum absolute atomic E-state index is 10.9. The molecular formula is C22H28N2O2. The van der Waals surface area contributed by atoms with Gasteiger partial charge in [0.25, 0.3) is 0 Å². The Kier molecular flexibility index (Phi) is 5.42. The van der Waals surface area contributed by atoms with Crippen molar-refractivity contribution in [1.29, 1.82) is 0 Å². The second-order valence-corrected chi connectivity index (χ2v) is 7.32. The van der Waals surface area contributed by atoms with Crippen molar-refractivity contribution in [3.8, 4) is 5.75 Å². The average molecular weight is 352 g/mol. The summed E-state index contributed by atoms with van der Waals surface area (Å²) in [4.78, 5) is 4.90. The summed E-state index contributed by atoms with van der Waals surface area (Å²) in [5, 5.41) is 10.9. The van der Waals surface area contributed by atoms with Crippen molar-refractivity contribution >= 4 is 5.69 Å². The lowest BCUT2D eigenvalue weighted by Crippen LogP contribution is -2.58. The number of rotatable bonds is 4. The van der Waals surface area contributed by atoms with Crippen LogP contribution in [0.5, 0.6) is 5.75 Å². The van der Waals surface area contributed by atoms with Crippen molar-refractivity contribution in [2.75, 3.05) is 31.1 Å². The first-order chi connectivity index (χ1) is 12.8. The van der Waals surface area contributed by atoms with Crippen LogP contribution >= 0.6 is 0 Å². The number of piperazine rings is 1. The molecule has 4 rings (SSSR count). The van der Waals surface area contributed by atoms with Gasteiger partial charge in [-0.05, 0) is 43.5 Å². The first-order valence-corrected chi connectivity index (χ1v) is 9.75. The normalized spacial score (nSPS) is 27.3. The molecule has 1 aliphatic carbocycles. The van der Waals surface area contributed by atoms with Gasteiger partial charge in [-0.15, -0.1) is 0 Å². The Balaban J connectivity index is 1.36. The molecule has 0 unspecified atom stereocenters. The van der Waals surface area contributed by atoms with Gasteiger partial charge in [0.15, 0.2) is 0 Å². The Bertz CT molecular complexity index is 671. The molecule has 0 radical (unpaired) electrons. The van der Waals surface area contributed by atoms with Gasteiger partial charge in [0.1, 0.15) is 18.0 Å². The SMILES string of the molecule is O[C@@H]1[C@@H](Oc2ccccc2)CCC[C@H]1N1CCN(c2ccccc2)CC1. The fraction of sp³-hybridized carbons (Fsp3) is 0.455. The summed E-state index contributed by atoms with van der Waals surface area (Å²) in [6.07, 6.45) is 2.56. The summed E-state index contributed by atoms with van der Waals surface area (Å²) in [6, 6.07) is 20.7.